The Kier molecular flexibility index (Phi) is 6.62. The fraction of sp³-hybridized carbons (Fsp3) is 0.148. The molecular weight excluding hydrogens is 422 g/mol. The Balaban J connectivity index is 1.58. The van der Waals surface area contributed by atoms with E-state index in [-0.39, 0.29) is 12.5 Å². The van der Waals surface area contributed by atoms with Gasteiger partial charge >= 0.3 is 0 Å². The van der Waals surface area contributed by atoms with Gasteiger partial charge in [-0.25, -0.2) is 0 Å². The summed E-state index contributed by atoms with van der Waals surface area (Å²) in [5, 5.41) is 5.74. The Hall–Kier alpha value is -3.50. The quantitative estimate of drug-likeness (QED) is 0.332. The second-order valence-electron chi connectivity index (χ2n) is 7.43. The largest absolute Gasteiger partial charge is 0.493 e. The zero-order valence-corrected chi connectivity index (χ0v) is 18.8. The lowest BCUT2D eigenvalue weighted by Gasteiger charge is -2.15. The van der Waals surface area contributed by atoms with Crippen LogP contribution >= 0.6 is 11.6 Å². The molecule has 4 aromatic rings. The summed E-state index contributed by atoms with van der Waals surface area (Å²) < 4.78 is 11.9. The number of hydrogen-bond donors (Lipinski definition) is 1. The highest BCUT2D eigenvalue weighted by Gasteiger charge is 2.13. The number of amides is 1. The monoisotopic (exact) mass is 445 g/mol. The molecule has 0 radical (unpaired) electrons. The standard InChI is InChI=1S/C27H24ClNO3/c1-3-31-25-14-11-20(27(30)29-24-13-12-22(28)15-18(24)2)16-21(25)17-32-26-10-6-8-19-7-4-5-9-23(19)26/h4-16H,3,17H2,1-2H3,(H,29,30). The van der Waals surface area contributed by atoms with E-state index in [4.69, 9.17) is 21.1 Å². The average molecular weight is 446 g/mol. The minimum atomic E-state index is -0.204. The summed E-state index contributed by atoms with van der Waals surface area (Å²) in [5.74, 6) is 1.29. The van der Waals surface area contributed by atoms with Crippen LogP contribution in [-0.2, 0) is 6.61 Å². The molecule has 4 aromatic carbocycles. The molecule has 1 N–H and O–H groups in total. The van der Waals surface area contributed by atoms with Crippen LogP contribution in [0, 0.1) is 6.92 Å². The normalized spacial score (nSPS) is 10.7. The van der Waals surface area contributed by atoms with E-state index < -0.39 is 0 Å². The third-order valence-corrected chi connectivity index (χ3v) is 5.43. The van der Waals surface area contributed by atoms with Gasteiger partial charge in [0.15, 0.2) is 0 Å². The lowest BCUT2D eigenvalue weighted by molar-refractivity contribution is 0.102. The number of benzene rings is 4. The number of hydrogen-bond acceptors (Lipinski definition) is 3. The van der Waals surface area contributed by atoms with Crippen molar-refractivity contribution < 1.29 is 14.3 Å². The van der Waals surface area contributed by atoms with Crippen molar-refractivity contribution in [2.24, 2.45) is 0 Å². The van der Waals surface area contributed by atoms with E-state index in [1.54, 1.807) is 18.2 Å². The van der Waals surface area contributed by atoms with Crippen LogP contribution in [0.4, 0.5) is 5.69 Å². The van der Waals surface area contributed by atoms with Crippen LogP contribution < -0.4 is 14.8 Å². The van der Waals surface area contributed by atoms with E-state index in [9.17, 15) is 4.79 Å². The molecule has 32 heavy (non-hydrogen) atoms. The van der Waals surface area contributed by atoms with E-state index in [0.29, 0.717) is 22.9 Å². The lowest BCUT2D eigenvalue weighted by atomic mass is 10.1. The number of ether oxygens (including phenoxy) is 2. The number of carbonyl (C=O) groups excluding carboxylic acids is 1. The van der Waals surface area contributed by atoms with Crippen molar-refractivity contribution in [1.29, 1.82) is 0 Å². The van der Waals surface area contributed by atoms with Crippen LogP contribution in [0.15, 0.2) is 78.9 Å². The number of carbonyl (C=O) groups is 1. The molecule has 0 bridgehead atoms. The molecule has 162 valence electrons. The van der Waals surface area contributed by atoms with Crippen LogP contribution in [0.25, 0.3) is 10.8 Å². The van der Waals surface area contributed by atoms with Gasteiger partial charge < -0.3 is 14.8 Å². The first-order valence-corrected chi connectivity index (χ1v) is 10.9. The van der Waals surface area contributed by atoms with Gasteiger partial charge in [0, 0.05) is 27.2 Å². The third kappa shape index (κ3) is 4.87. The molecule has 0 aliphatic carbocycles. The van der Waals surface area contributed by atoms with Crippen molar-refractivity contribution in [2.75, 3.05) is 11.9 Å². The highest BCUT2D eigenvalue weighted by Crippen LogP contribution is 2.28. The molecule has 0 unspecified atom stereocenters. The highest BCUT2D eigenvalue weighted by molar-refractivity contribution is 6.30. The maximum Gasteiger partial charge on any atom is 0.255 e. The predicted molar refractivity (Wildman–Crippen MR) is 130 cm³/mol. The molecule has 4 rings (SSSR count). The first-order valence-electron chi connectivity index (χ1n) is 10.5. The molecule has 0 spiro atoms. The molecule has 0 saturated heterocycles. The molecule has 0 aromatic heterocycles. The Morgan fingerprint density at radius 1 is 0.906 bits per heavy atom. The average Bonchev–Trinajstić information content (AvgIpc) is 2.80. The van der Waals surface area contributed by atoms with Gasteiger partial charge in [-0.1, -0.05) is 48.0 Å². The van der Waals surface area contributed by atoms with Gasteiger partial charge in [0.05, 0.1) is 6.61 Å². The maximum atomic E-state index is 12.9. The smallest absolute Gasteiger partial charge is 0.255 e. The van der Waals surface area contributed by atoms with Gasteiger partial charge in [0.25, 0.3) is 5.91 Å². The Labute approximate surface area is 192 Å². The minimum absolute atomic E-state index is 0.204. The first kappa shape index (κ1) is 21.7. The Morgan fingerprint density at radius 2 is 1.72 bits per heavy atom. The van der Waals surface area contributed by atoms with Crippen molar-refractivity contribution in [3.8, 4) is 11.5 Å². The number of rotatable bonds is 7. The molecule has 0 fully saturated rings. The Morgan fingerprint density at radius 3 is 2.53 bits per heavy atom. The number of anilines is 1. The van der Waals surface area contributed by atoms with Gasteiger partial charge in [-0.15, -0.1) is 0 Å². The summed E-state index contributed by atoms with van der Waals surface area (Å²) in [4.78, 5) is 12.9. The van der Waals surface area contributed by atoms with Crippen molar-refractivity contribution in [3.63, 3.8) is 0 Å². The van der Waals surface area contributed by atoms with E-state index >= 15 is 0 Å². The Bertz CT molecular complexity index is 1260. The third-order valence-electron chi connectivity index (χ3n) is 5.19. The molecule has 0 aliphatic rings. The summed E-state index contributed by atoms with van der Waals surface area (Å²) in [6, 6.07) is 24.8. The second kappa shape index (κ2) is 9.75. The molecule has 0 saturated carbocycles. The molecule has 0 aliphatic heterocycles. The SMILES string of the molecule is CCOc1ccc(C(=O)Nc2ccc(Cl)cc2C)cc1COc1cccc2ccccc12. The maximum absolute atomic E-state index is 12.9. The van der Waals surface area contributed by atoms with E-state index in [2.05, 4.69) is 17.4 Å². The topological polar surface area (TPSA) is 47.6 Å². The number of halogens is 1. The van der Waals surface area contributed by atoms with Crippen molar-refractivity contribution in [2.45, 2.75) is 20.5 Å². The second-order valence-corrected chi connectivity index (χ2v) is 7.87. The molecule has 0 heterocycles. The number of nitrogens with one attached hydrogen (secondary N) is 1. The molecule has 5 heteroatoms. The predicted octanol–water partition coefficient (Wildman–Crippen LogP) is 7.03. The zero-order valence-electron chi connectivity index (χ0n) is 18.0. The molecule has 1 amide bonds. The lowest BCUT2D eigenvalue weighted by Crippen LogP contribution is -2.14. The van der Waals surface area contributed by atoms with E-state index in [1.807, 2.05) is 62.4 Å². The fourth-order valence-corrected chi connectivity index (χ4v) is 3.80. The van der Waals surface area contributed by atoms with Gasteiger partial charge in [-0.3, -0.25) is 4.79 Å². The van der Waals surface area contributed by atoms with Gasteiger partial charge in [-0.2, -0.15) is 0 Å². The van der Waals surface area contributed by atoms with E-state index in [1.165, 1.54) is 0 Å². The summed E-state index contributed by atoms with van der Waals surface area (Å²) in [6.07, 6.45) is 0. The van der Waals surface area contributed by atoms with Crippen LogP contribution in [0.3, 0.4) is 0 Å². The van der Waals surface area contributed by atoms with Crippen molar-refractivity contribution >= 4 is 34.0 Å². The molecular formula is C27H24ClNO3. The van der Waals surface area contributed by atoms with Crippen molar-refractivity contribution in [1.82, 2.24) is 0 Å². The number of fused-ring (bicyclic) bond motifs is 1. The number of aryl methyl sites for hydroxylation is 1. The fourth-order valence-electron chi connectivity index (χ4n) is 3.57. The van der Waals surface area contributed by atoms with Crippen LogP contribution in [-0.4, -0.2) is 12.5 Å². The molecule has 0 atom stereocenters. The summed E-state index contributed by atoms with van der Waals surface area (Å²) >= 11 is 6.02. The molecule has 4 nitrogen and oxygen atoms in total. The van der Waals surface area contributed by atoms with E-state index in [0.717, 1.165) is 33.3 Å². The zero-order chi connectivity index (χ0) is 22.5. The van der Waals surface area contributed by atoms with Crippen LogP contribution in [0.1, 0.15) is 28.4 Å². The van der Waals surface area contributed by atoms with Crippen LogP contribution in [0.5, 0.6) is 11.5 Å². The van der Waals surface area contributed by atoms with Gasteiger partial charge in [-0.05, 0) is 67.3 Å². The van der Waals surface area contributed by atoms with Crippen molar-refractivity contribution in [3.05, 3.63) is 101 Å². The summed E-state index contributed by atoms with van der Waals surface area (Å²) in [6.45, 7) is 4.64. The highest BCUT2D eigenvalue weighted by atomic mass is 35.5. The van der Waals surface area contributed by atoms with Crippen LogP contribution in [0.2, 0.25) is 5.02 Å². The summed E-state index contributed by atoms with van der Waals surface area (Å²) in [7, 11) is 0. The summed E-state index contributed by atoms with van der Waals surface area (Å²) in [5.41, 5.74) is 2.96. The first-order chi connectivity index (χ1) is 15.5. The minimum Gasteiger partial charge on any atom is -0.493 e. The van der Waals surface area contributed by atoms with Gasteiger partial charge in [0.2, 0.25) is 0 Å². The van der Waals surface area contributed by atoms with Gasteiger partial charge in [0.1, 0.15) is 18.1 Å².